The molecule has 1 fully saturated rings. The highest BCUT2D eigenvalue weighted by atomic mass is 16.6. The van der Waals surface area contributed by atoms with E-state index in [9.17, 15) is 24.6 Å². The maximum absolute atomic E-state index is 13.7. The van der Waals surface area contributed by atoms with E-state index < -0.39 is 47.7 Å². The molecule has 35 heavy (non-hydrogen) atoms. The van der Waals surface area contributed by atoms with Gasteiger partial charge >= 0.3 is 0 Å². The molecule has 11 heteroatoms. The normalized spacial score (nSPS) is 21.9. The third-order valence-corrected chi connectivity index (χ3v) is 6.04. The molecule has 178 valence electrons. The van der Waals surface area contributed by atoms with E-state index in [-0.39, 0.29) is 28.7 Å². The van der Waals surface area contributed by atoms with Crippen LogP contribution < -0.4 is 11.3 Å². The van der Waals surface area contributed by atoms with Crippen molar-refractivity contribution < 1.29 is 24.5 Å². The van der Waals surface area contributed by atoms with Crippen molar-refractivity contribution >= 4 is 28.8 Å². The first-order valence-electron chi connectivity index (χ1n) is 10.8. The second-order valence-electron chi connectivity index (χ2n) is 8.16. The van der Waals surface area contributed by atoms with Gasteiger partial charge in [-0.3, -0.25) is 19.0 Å². The molecular weight excluding hydrogens is 454 g/mol. The smallest absolute Gasteiger partial charge is 0.290 e. The molecule has 0 saturated carbocycles. The number of Topliss-reactive ketones (excluding diaryl/α,β-unsaturated/α-hetero) is 1. The van der Waals surface area contributed by atoms with Crippen molar-refractivity contribution in [3.8, 4) is 0 Å². The lowest BCUT2D eigenvalue weighted by Gasteiger charge is -2.29. The van der Waals surface area contributed by atoms with Gasteiger partial charge in [-0.2, -0.15) is 4.98 Å². The van der Waals surface area contributed by atoms with E-state index in [0.717, 1.165) is 0 Å². The number of anilines is 1. The second kappa shape index (κ2) is 8.55. The predicted molar refractivity (Wildman–Crippen MR) is 124 cm³/mol. The quantitative estimate of drug-likeness (QED) is 0.350. The number of ketones is 1. The number of aliphatic hydroxyl groups is 2. The van der Waals surface area contributed by atoms with Crippen LogP contribution in [-0.4, -0.2) is 59.8 Å². The fourth-order valence-electron chi connectivity index (χ4n) is 4.32. The first-order valence-corrected chi connectivity index (χ1v) is 10.8. The van der Waals surface area contributed by atoms with Crippen molar-refractivity contribution in [3.63, 3.8) is 0 Å². The highest BCUT2D eigenvalue weighted by Crippen LogP contribution is 2.39. The number of imidazole rings is 1. The summed E-state index contributed by atoms with van der Waals surface area (Å²) in [7, 11) is 0. The van der Waals surface area contributed by atoms with E-state index in [1.165, 1.54) is 23.0 Å². The molecule has 3 heterocycles. The molecule has 1 saturated heterocycles. The lowest BCUT2D eigenvalue weighted by Crippen LogP contribution is -2.43. The number of fused-ring (bicyclic) bond motifs is 1. The topological polar surface area (TPSA) is 163 Å². The Labute approximate surface area is 198 Å². The lowest BCUT2D eigenvalue weighted by molar-refractivity contribution is -0.0900. The molecule has 0 spiro atoms. The van der Waals surface area contributed by atoms with Gasteiger partial charge in [-0.15, -0.1) is 0 Å². The maximum atomic E-state index is 13.7. The van der Waals surface area contributed by atoms with Crippen LogP contribution in [0.15, 0.2) is 71.8 Å². The van der Waals surface area contributed by atoms with Gasteiger partial charge in [0.05, 0.1) is 12.7 Å². The number of hydrogen-bond acceptors (Lipinski definition) is 9. The summed E-state index contributed by atoms with van der Waals surface area (Å²) >= 11 is 0. The van der Waals surface area contributed by atoms with Gasteiger partial charge in [-0.25, -0.2) is 9.55 Å². The Morgan fingerprint density at radius 3 is 2.31 bits per heavy atom. The summed E-state index contributed by atoms with van der Waals surface area (Å²) in [5.74, 6) is -1.62. The Hall–Kier alpha value is -4.19. The molecule has 0 unspecified atom stereocenters. The maximum Gasteiger partial charge on any atom is 0.290 e. The van der Waals surface area contributed by atoms with Crippen LogP contribution in [0.3, 0.4) is 0 Å². The monoisotopic (exact) mass is 475 g/mol. The number of benzene rings is 2. The molecule has 1 aliphatic rings. The molecule has 11 nitrogen and oxygen atoms in total. The van der Waals surface area contributed by atoms with E-state index in [4.69, 9.17) is 10.5 Å². The third-order valence-electron chi connectivity index (χ3n) is 6.04. The van der Waals surface area contributed by atoms with Crippen LogP contribution in [-0.2, 0) is 10.5 Å². The van der Waals surface area contributed by atoms with E-state index in [2.05, 4.69) is 9.97 Å². The first kappa shape index (κ1) is 22.6. The van der Waals surface area contributed by atoms with Gasteiger partial charge in [-0.1, -0.05) is 48.5 Å². The molecule has 1 aliphatic heterocycles. The van der Waals surface area contributed by atoms with Crippen LogP contribution in [0.2, 0.25) is 0 Å². The molecule has 0 aliphatic carbocycles. The minimum absolute atomic E-state index is 0.0975. The first-order chi connectivity index (χ1) is 16.9. The zero-order valence-electron chi connectivity index (χ0n) is 18.3. The van der Waals surface area contributed by atoms with E-state index in [1.54, 1.807) is 48.5 Å². The summed E-state index contributed by atoms with van der Waals surface area (Å²) in [5.41, 5.74) is 3.56. The van der Waals surface area contributed by atoms with Gasteiger partial charge in [0, 0.05) is 17.5 Å². The number of nitrogen functional groups attached to an aromatic ring is 1. The summed E-state index contributed by atoms with van der Waals surface area (Å²) in [6.45, 7) is -0.536. The predicted octanol–water partition coefficient (Wildman–Crippen LogP) is 0.541. The number of nitrogens with zero attached hydrogens (tertiary/aromatic N) is 4. The number of aliphatic hydroxyl groups excluding tert-OH is 2. The van der Waals surface area contributed by atoms with Gasteiger partial charge in [0.15, 0.2) is 11.2 Å². The molecule has 0 amide bonds. The Bertz CT molecular complexity index is 1480. The Morgan fingerprint density at radius 2 is 1.71 bits per heavy atom. The minimum atomic E-state index is -1.86. The van der Waals surface area contributed by atoms with Crippen molar-refractivity contribution in [1.82, 2.24) is 19.1 Å². The van der Waals surface area contributed by atoms with Gasteiger partial charge in [-0.05, 0) is 12.1 Å². The Kier molecular flexibility index (Phi) is 5.52. The number of carbonyl (C=O) groups is 2. The van der Waals surface area contributed by atoms with Crippen molar-refractivity contribution in [2.75, 3.05) is 12.3 Å². The molecule has 0 radical (unpaired) electrons. The third kappa shape index (κ3) is 3.53. The van der Waals surface area contributed by atoms with Gasteiger partial charge in [0.1, 0.15) is 12.4 Å². The molecule has 0 bridgehead atoms. The number of nitrogens with two attached hydrogens (primary N) is 1. The van der Waals surface area contributed by atoms with Crippen LogP contribution in [0.4, 0.5) is 5.95 Å². The number of aromatic nitrogens is 4. The summed E-state index contributed by atoms with van der Waals surface area (Å²) in [4.78, 5) is 48.2. The van der Waals surface area contributed by atoms with Gasteiger partial charge < -0.3 is 20.7 Å². The average molecular weight is 475 g/mol. The number of carbonyl (C=O) groups excluding carboxylic acids is 2. The van der Waals surface area contributed by atoms with Crippen LogP contribution >= 0.6 is 0 Å². The van der Waals surface area contributed by atoms with Crippen LogP contribution in [0, 0.1) is 0 Å². The zero-order valence-corrected chi connectivity index (χ0v) is 18.3. The zero-order chi connectivity index (χ0) is 24.7. The summed E-state index contributed by atoms with van der Waals surface area (Å²) < 4.78 is 7.86. The molecule has 3 atom stereocenters. The molecule has 4 aromatic rings. The van der Waals surface area contributed by atoms with Gasteiger partial charge in [0.2, 0.25) is 17.5 Å². The molecule has 5 rings (SSSR count). The number of hydrogen-bond donors (Lipinski definition) is 3. The van der Waals surface area contributed by atoms with Crippen molar-refractivity contribution in [3.05, 3.63) is 88.5 Å². The number of ether oxygens (including phenoxy) is 1. The molecular formula is C24H21N5O6. The van der Waals surface area contributed by atoms with Crippen LogP contribution in [0.1, 0.15) is 27.1 Å². The average Bonchev–Trinajstić information content (AvgIpc) is 3.46. The highest BCUT2D eigenvalue weighted by molar-refractivity contribution is 6.02. The SMILES string of the molecule is Nc1nc2c(ncn2[C@@]2(C(=O)c3ccccc3)C[C@H](O)[C@@H](CO)O2)c(=O)n1C(=O)c1ccccc1. The largest absolute Gasteiger partial charge is 0.394 e. The lowest BCUT2D eigenvalue weighted by atomic mass is 9.96. The summed E-state index contributed by atoms with van der Waals surface area (Å²) in [6, 6.07) is 16.3. The number of rotatable bonds is 5. The Morgan fingerprint density at radius 1 is 1.09 bits per heavy atom. The van der Waals surface area contributed by atoms with Crippen LogP contribution in [0.5, 0.6) is 0 Å². The second-order valence-corrected chi connectivity index (χ2v) is 8.16. The van der Waals surface area contributed by atoms with Crippen molar-refractivity contribution in [2.24, 2.45) is 0 Å². The van der Waals surface area contributed by atoms with E-state index in [0.29, 0.717) is 4.57 Å². The molecule has 2 aromatic carbocycles. The minimum Gasteiger partial charge on any atom is -0.394 e. The molecule has 4 N–H and O–H groups in total. The fraction of sp³-hybridized carbons (Fsp3) is 0.208. The van der Waals surface area contributed by atoms with Gasteiger partial charge in [0.25, 0.3) is 11.5 Å². The fourth-order valence-corrected chi connectivity index (χ4v) is 4.32. The summed E-state index contributed by atoms with van der Waals surface area (Å²) in [5, 5.41) is 20.2. The van der Waals surface area contributed by atoms with Crippen molar-refractivity contribution in [2.45, 2.75) is 24.4 Å². The Balaban J connectivity index is 1.69. The molecule has 2 aromatic heterocycles. The van der Waals surface area contributed by atoms with Crippen LogP contribution in [0.25, 0.3) is 11.2 Å². The van der Waals surface area contributed by atoms with E-state index >= 15 is 0 Å². The van der Waals surface area contributed by atoms with Crippen molar-refractivity contribution in [1.29, 1.82) is 0 Å². The summed E-state index contributed by atoms with van der Waals surface area (Å²) in [6.07, 6.45) is -1.28. The standard InChI is InChI=1S/C24H21N5O6/c25-23-27-20-18(22(34)29(23)21(33)15-9-5-2-6-10-15)26-13-28(20)24(11-16(31)17(12-30)35-24)19(32)14-7-3-1-4-8-14/h1-10,13,16-17,30-31H,11-12H2,(H2,25,27)/t16-,17+,24-/m0/s1. The highest BCUT2D eigenvalue weighted by Gasteiger charge is 2.53. The van der Waals surface area contributed by atoms with E-state index in [1.807, 2.05) is 0 Å².